The van der Waals surface area contributed by atoms with Crippen LogP contribution in [-0.2, 0) is 10.7 Å². The van der Waals surface area contributed by atoms with E-state index >= 15 is 0 Å². The van der Waals surface area contributed by atoms with Crippen LogP contribution < -0.4 is 0 Å². The van der Waals surface area contributed by atoms with Crippen molar-refractivity contribution in [2.45, 2.75) is 31.5 Å². The lowest BCUT2D eigenvalue weighted by molar-refractivity contribution is 0.582. The van der Waals surface area contributed by atoms with E-state index < -0.39 is 0 Å². The van der Waals surface area contributed by atoms with Crippen LogP contribution in [0.25, 0.3) is 5.69 Å². The highest BCUT2D eigenvalue weighted by Gasteiger charge is 2.18. The molecule has 0 amide bonds. The second-order valence-electron chi connectivity index (χ2n) is 5.06. The highest BCUT2D eigenvalue weighted by Crippen LogP contribution is 2.27. The first-order valence-corrected chi connectivity index (χ1v) is 6.71. The SMILES string of the molecule is CC(C)(C)c1ccccc1-n1cc(CBr)nn1. The van der Waals surface area contributed by atoms with Gasteiger partial charge in [-0.05, 0) is 17.0 Å². The largest absolute Gasteiger partial charge is 0.220 e. The zero-order valence-electron chi connectivity index (χ0n) is 10.3. The molecule has 0 aliphatic heterocycles. The van der Waals surface area contributed by atoms with Gasteiger partial charge in [0, 0.05) is 5.33 Å². The minimum absolute atomic E-state index is 0.0944. The van der Waals surface area contributed by atoms with Crippen molar-refractivity contribution in [1.82, 2.24) is 15.0 Å². The van der Waals surface area contributed by atoms with Crippen molar-refractivity contribution in [2.75, 3.05) is 0 Å². The minimum atomic E-state index is 0.0944. The van der Waals surface area contributed by atoms with E-state index in [-0.39, 0.29) is 5.41 Å². The maximum absolute atomic E-state index is 4.17. The van der Waals surface area contributed by atoms with Gasteiger partial charge in [0.05, 0.1) is 17.6 Å². The van der Waals surface area contributed by atoms with E-state index in [1.54, 1.807) is 0 Å². The van der Waals surface area contributed by atoms with Crippen molar-refractivity contribution in [3.63, 3.8) is 0 Å². The summed E-state index contributed by atoms with van der Waals surface area (Å²) in [5.41, 5.74) is 3.40. The van der Waals surface area contributed by atoms with E-state index in [0.717, 1.165) is 16.7 Å². The van der Waals surface area contributed by atoms with E-state index in [2.05, 4.69) is 65.2 Å². The molecule has 90 valence electrons. The van der Waals surface area contributed by atoms with Crippen LogP contribution in [0.3, 0.4) is 0 Å². The Labute approximate surface area is 110 Å². The first-order valence-electron chi connectivity index (χ1n) is 5.59. The fourth-order valence-corrected chi connectivity index (χ4v) is 2.04. The van der Waals surface area contributed by atoms with Crippen molar-refractivity contribution < 1.29 is 0 Å². The molecule has 0 fully saturated rings. The summed E-state index contributed by atoms with van der Waals surface area (Å²) in [5.74, 6) is 0. The summed E-state index contributed by atoms with van der Waals surface area (Å²) in [4.78, 5) is 0. The van der Waals surface area contributed by atoms with Crippen molar-refractivity contribution in [3.05, 3.63) is 41.7 Å². The molecule has 4 heteroatoms. The molecule has 0 bridgehead atoms. The van der Waals surface area contributed by atoms with Crippen LogP contribution in [0.15, 0.2) is 30.5 Å². The van der Waals surface area contributed by atoms with Gasteiger partial charge in [0.2, 0.25) is 0 Å². The van der Waals surface area contributed by atoms with Gasteiger partial charge in [-0.25, -0.2) is 4.68 Å². The molecule has 0 N–H and O–H groups in total. The Kier molecular flexibility index (Phi) is 3.33. The predicted molar refractivity (Wildman–Crippen MR) is 72.7 cm³/mol. The maximum Gasteiger partial charge on any atom is 0.0937 e. The zero-order chi connectivity index (χ0) is 12.5. The zero-order valence-corrected chi connectivity index (χ0v) is 11.9. The number of aromatic nitrogens is 3. The molecule has 1 aromatic carbocycles. The second kappa shape index (κ2) is 4.61. The van der Waals surface area contributed by atoms with Crippen LogP contribution in [-0.4, -0.2) is 15.0 Å². The summed E-state index contributed by atoms with van der Waals surface area (Å²) >= 11 is 3.39. The molecule has 2 rings (SSSR count). The van der Waals surface area contributed by atoms with Crippen LogP contribution in [0.1, 0.15) is 32.0 Å². The molecule has 0 unspecified atom stereocenters. The highest BCUT2D eigenvalue weighted by molar-refractivity contribution is 9.08. The summed E-state index contributed by atoms with van der Waals surface area (Å²) in [7, 11) is 0. The van der Waals surface area contributed by atoms with E-state index in [4.69, 9.17) is 0 Å². The van der Waals surface area contributed by atoms with Gasteiger partial charge in [0.15, 0.2) is 0 Å². The van der Waals surface area contributed by atoms with Gasteiger partial charge in [-0.15, -0.1) is 5.10 Å². The standard InChI is InChI=1S/C13H16BrN3/c1-13(2,3)11-6-4-5-7-12(11)17-9-10(8-14)15-16-17/h4-7,9H,8H2,1-3H3. The normalized spacial score (nSPS) is 11.8. The lowest BCUT2D eigenvalue weighted by atomic mass is 9.86. The summed E-state index contributed by atoms with van der Waals surface area (Å²) < 4.78 is 1.84. The quantitative estimate of drug-likeness (QED) is 0.794. The Balaban J connectivity index is 2.52. The van der Waals surface area contributed by atoms with Crippen molar-refractivity contribution >= 4 is 15.9 Å². The number of benzene rings is 1. The monoisotopic (exact) mass is 293 g/mol. The van der Waals surface area contributed by atoms with Crippen LogP contribution in [0.2, 0.25) is 0 Å². The van der Waals surface area contributed by atoms with Crippen LogP contribution in [0.4, 0.5) is 0 Å². The Hall–Kier alpha value is -1.16. The number of hydrogen-bond donors (Lipinski definition) is 0. The molecule has 1 heterocycles. The van der Waals surface area contributed by atoms with Crippen LogP contribution in [0, 0.1) is 0 Å². The molecular formula is C13H16BrN3. The van der Waals surface area contributed by atoms with Gasteiger partial charge < -0.3 is 0 Å². The van der Waals surface area contributed by atoms with Gasteiger partial charge in [-0.3, -0.25) is 0 Å². The lowest BCUT2D eigenvalue weighted by Crippen LogP contribution is -2.15. The van der Waals surface area contributed by atoms with E-state index in [0.29, 0.717) is 0 Å². The molecule has 0 radical (unpaired) electrons. The number of halogens is 1. The van der Waals surface area contributed by atoms with E-state index in [9.17, 15) is 0 Å². The molecule has 17 heavy (non-hydrogen) atoms. The summed E-state index contributed by atoms with van der Waals surface area (Å²) in [6, 6.07) is 8.31. The molecule has 1 aromatic heterocycles. The number of rotatable bonds is 2. The average Bonchev–Trinajstić information content (AvgIpc) is 2.76. The smallest absolute Gasteiger partial charge is 0.0937 e. The fourth-order valence-electron chi connectivity index (χ4n) is 1.79. The fraction of sp³-hybridized carbons (Fsp3) is 0.385. The van der Waals surface area contributed by atoms with Crippen LogP contribution >= 0.6 is 15.9 Å². The summed E-state index contributed by atoms with van der Waals surface area (Å²) in [6.45, 7) is 6.61. The second-order valence-corrected chi connectivity index (χ2v) is 5.62. The van der Waals surface area contributed by atoms with Gasteiger partial charge in [0.25, 0.3) is 0 Å². The Morgan fingerprint density at radius 2 is 1.94 bits per heavy atom. The number of hydrogen-bond acceptors (Lipinski definition) is 2. The topological polar surface area (TPSA) is 30.7 Å². The molecule has 3 nitrogen and oxygen atoms in total. The van der Waals surface area contributed by atoms with Crippen molar-refractivity contribution in [3.8, 4) is 5.69 Å². The average molecular weight is 294 g/mol. The molecule has 0 spiro atoms. The molecular weight excluding hydrogens is 278 g/mol. The number of alkyl halides is 1. The molecule has 0 aliphatic rings. The number of para-hydroxylation sites is 1. The van der Waals surface area contributed by atoms with Gasteiger partial charge in [-0.1, -0.05) is 60.1 Å². The predicted octanol–water partition coefficient (Wildman–Crippen LogP) is 3.46. The highest BCUT2D eigenvalue weighted by atomic mass is 79.9. The molecule has 2 aromatic rings. The van der Waals surface area contributed by atoms with Gasteiger partial charge in [0.1, 0.15) is 0 Å². The Morgan fingerprint density at radius 1 is 1.24 bits per heavy atom. The van der Waals surface area contributed by atoms with Gasteiger partial charge in [-0.2, -0.15) is 0 Å². The van der Waals surface area contributed by atoms with E-state index in [1.165, 1.54) is 5.56 Å². The molecule has 0 saturated heterocycles. The lowest BCUT2D eigenvalue weighted by Gasteiger charge is -2.22. The molecule has 0 saturated carbocycles. The van der Waals surface area contributed by atoms with E-state index in [1.807, 2.05) is 16.9 Å². The van der Waals surface area contributed by atoms with Crippen LogP contribution in [0.5, 0.6) is 0 Å². The third kappa shape index (κ3) is 2.57. The molecule has 0 atom stereocenters. The van der Waals surface area contributed by atoms with Crippen molar-refractivity contribution in [2.24, 2.45) is 0 Å². The summed E-state index contributed by atoms with van der Waals surface area (Å²) in [5, 5.41) is 9.00. The Morgan fingerprint density at radius 3 is 2.53 bits per heavy atom. The first-order chi connectivity index (χ1) is 8.02. The first kappa shape index (κ1) is 12.3. The minimum Gasteiger partial charge on any atom is -0.220 e. The maximum atomic E-state index is 4.17. The number of nitrogens with zero attached hydrogens (tertiary/aromatic N) is 3. The summed E-state index contributed by atoms with van der Waals surface area (Å²) in [6.07, 6.45) is 1.96. The Bertz CT molecular complexity index is 511. The van der Waals surface area contributed by atoms with Crippen molar-refractivity contribution in [1.29, 1.82) is 0 Å². The molecule has 0 aliphatic carbocycles. The van der Waals surface area contributed by atoms with Gasteiger partial charge >= 0.3 is 0 Å². The third-order valence-electron chi connectivity index (χ3n) is 2.64. The third-order valence-corrected chi connectivity index (χ3v) is 3.21.